The summed E-state index contributed by atoms with van der Waals surface area (Å²) in [6.45, 7) is 2.50. The van der Waals surface area contributed by atoms with E-state index in [1.165, 1.54) is 19.3 Å². The number of ether oxygens (including phenoxy) is 2. The second-order valence-corrected chi connectivity index (χ2v) is 6.53. The summed E-state index contributed by atoms with van der Waals surface area (Å²) in [4.78, 5) is 12.7. The summed E-state index contributed by atoms with van der Waals surface area (Å²) < 4.78 is 10.5. The van der Waals surface area contributed by atoms with Crippen LogP contribution in [-0.4, -0.2) is 12.6 Å². The molecule has 0 radical (unpaired) electrons. The number of hydrogen-bond donors (Lipinski definition) is 0. The molecule has 0 atom stereocenters. The zero-order valence-corrected chi connectivity index (χ0v) is 16.4. The molecular formula is C24H27NO3. The molecule has 0 heterocycles. The summed E-state index contributed by atoms with van der Waals surface area (Å²) in [7, 11) is 0. The lowest BCUT2D eigenvalue weighted by Gasteiger charge is -2.13. The molecule has 0 N–H and O–H groups in total. The average Bonchev–Trinajstić information content (AvgIpc) is 2.74. The third-order valence-corrected chi connectivity index (χ3v) is 4.42. The van der Waals surface area contributed by atoms with E-state index in [1.54, 1.807) is 6.26 Å². The summed E-state index contributed by atoms with van der Waals surface area (Å²) in [6, 6.07) is 18.8. The highest BCUT2D eigenvalue weighted by molar-refractivity contribution is 6.00. The number of carbonyl (C=O) groups excluding carboxylic acids is 1. The van der Waals surface area contributed by atoms with E-state index < -0.39 is 5.97 Å². The van der Waals surface area contributed by atoms with E-state index in [-0.39, 0.29) is 5.76 Å². The molecular weight excluding hydrogens is 350 g/mol. The molecule has 0 aliphatic carbocycles. The number of carbonyl (C=O) groups is 1. The van der Waals surface area contributed by atoms with Crippen molar-refractivity contribution >= 4 is 11.5 Å². The molecule has 146 valence electrons. The average molecular weight is 377 g/mol. The summed E-state index contributed by atoms with van der Waals surface area (Å²) in [5.41, 5.74) is 2.13. The van der Waals surface area contributed by atoms with Crippen LogP contribution in [-0.2, 0) is 14.3 Å². The zero-order chi connectivity index (χ0) is 20.0. The topological polar surface area (TPSA) is 59.3 Å². The second-order valence-electron chi connectivity index (χ2n) is 6.53. The van der Waals surface area contributed by atoms with Crippen LogP contribution in [0.15, 0.2) is 66.4 Å². The number of nitriles is 1. The molecule has 2 aromatic rings. The maximum atomic E-state index is 12.7. The molecule has 2 aromatic carbocycles. The molecule has 0 spiro atoms. The van der Waals surface area contributed by atoms with Crippen LogP contribution in [0.2, 0.25) is 0 Å². The van der Waals surface area contributed by atoms with Gasteiger partial charge in [-0.15, -0.1) is 5.26 Å². The first-order chi connectivity index (χ1) is 13.8. The van der Waals surface area contributed by atoms with Gasteiger partial charge in [0.2, 0.25) is 5.76 Å². The van der Waals surface area contributed by atoms with Crippen LogP contribution in [0.1, 0.15) is 56.6 Å². The Kier molecular flexibility index (Phi) is 9.37. The summed E-state index contributed by atoms with van der Waals surface area (Å²) in [5.74, 6) is -0.691. The zero-order valence-electron chi connectivity index (χ0n) is 16.4. The molecule has 0 amide bonds. The fraction of sp³-hybridized carbons (Fsp3) is 0.333. The predicted octanol–water partition coefficient (Wildman–Crippen LogP) is 5.85. The highest BCUT2D eigenvalue weighted by atomic mass is 16.6. The summed E-state index contributed by atoms with van der Waals surface area (Å²) in [5, 5.41) is 9.11. The van der Waals surface area contributed by atoms with Gasteiger partial charge >= 0.3 is 5.97 Å². The van der Waals surface area contributed by atoms with Gasteiger partial charge in [-0.2, -0.15) is 0 Å². The third-order valence-electron chi connectivity index (χ3n) is 4.42. The minimum atomic E-state index is -0.613. The van der Waals surface area contributed by atoms with Crippen LogP contribution in [0.5, 0.6) is 0 Å². The first kappa shape index (κ1) is 21.2. The fourth-order valence-electron chi connectivity index (χ4n) is 2.99. The Morgan fingerprint density at radius 1 is 0.857 bits per heavy atom. The first-order valence-corrected chi connectivity index (χ1v) is 9.86. The Labute approximate surface area is 167 Å². The van der Waals surface area contributed by atoms with Crippen LogP contribution in [0.25, 0.3) is 5.57 Å². The van der Waals surface area contributed by atoms with Crippen LogP contribution in [0, 0.1) is 11.5 Å². The highest BCUT2D eigenvalue weighted by Crippen LogP contribution is 2.28. The number of benzene rings is 2. The van der Waals surface area contributed by atoms with Crippen molar-refractivity contribution in [1.29, 1.82) is 5.26 Å². The van der Waals surface area contributed by atoms with Crippen molar-refractivity contribution in [2.24, 2.45) is 0 Å². The molecule has 0 bridgehead atoms. The SMILES string of the molecule is CCCCCCCCOC(=O)C(OC#N)=C(c1ccccc1)c1ccccc1. The van der Waals surface area contributed by atoms with Crippen molar-refractivity contribution < 1.29 is 14.3 Å². The summed E-state index contributed by atoms with van der Waals surface area (Å²) >= 11 is 0. The van der Waals surface area contributed by atoms with Crippen molar-refractivity contribution in [3.05, 3.63) is 77.5 Å². The van der Waals surface area contributed by atoms with Crippen molar-refractivity contribution in [2.75, 3.05) is 6.61 Å². The Morgan fingerprint density at radius 3 is 1.93 bits per heavy atom. The van der Waals surface area contributed by atoms with Crippen LogP contribution in [0.4, 0.5) is 0 Å². The lowest BCUT2D eigenvalue weighted by atomic mass is 9.96. The van der Waals surface area contributed by atoms with E-state index >= 15 is 0 Å². The van der Waals surface area contributed by atoms with E-state index in [4.69, 9.17) is 14.7 Å². The predicted molar refractivity (Wildman–Crippen MR) is 110 cm³/mol. The molecule has 28 heavy (non-hydrogen) atoms. The van der Waals surface area contributed by atoms with Gasteiger partial charge in [0.25, 0.3) is 6.26 Å². The number of unbranched alkanes of at least 4 members (excludes halogenated alkanes) is 5. The van der Waals surface area contributed by atoms with Gasteiger partial charge in [-0.25, -0.2) is 4.79 Å². The van der Waals surface area contributed by atoms with Gasteiger partial charge in [0.05, 0.1) is 6.61 Å². The second kappa shape index (κ2) is 12.3. The number of hydrogen-bond acceptors (Lipinski definition) is 4. The lowest BCUT2D eigenvalue weighted by molar-refractivity contribution is -0.142. The summed E-state index contributed by atoms with van der Waals surface area (Å²) in [6.07, 6.45) is 8.25. The molecule has 4 nitrogen and oxygen atoms in total. The minimum absolute atomic E-state index is 0.0779. The van der Waals surface area contributed by atoms with E-state index in [0.717, 1.165) is 30.4 Å². The van der Waals surface area contributed by atoms with Crippen molar-refractivity contribution in [3.8, 4) is 6.26 Å². The molecule has 0 unspecified atom stereocenters. The molecule has 0 aromatic heterocycles. The molecule has 0 saturated heterocycles. The minimum Gasteiger partial charge on any atom is -0.460 e. The Hall–Kier alpha value is -3.06. The first-order valence-electron chi connectivity index (χ1n) is 9.86. The van der Waals surface area contributed by atoms with Gasteiger partial charge in [0, 0.05) is 5.57 Å². The molecule has 0 aliphatic rings. The maximum absolute atomic E-state index is 12.7. The number of nitrogens with zero attached hydrogens (tertiary/aromatic N) is 1. The Morgan fingerprint density at radius 2 is 1.39 bits per heavy atom. The van der Waals surface area contributed by atoms with E-state index in [0.29, 0.717) is 12.2 Å². The number of rotatable bonds is 11. The fourth-order valence-corrected chi connectivity index (χ4v) is 2.99. The standard InChI is InChI=1S/C24H27NO3/c1-2-3-4-5-6-13-18-27-24(26)23(28-19-25)22(20-14-9-7-10-15-20)21-16-11-8-12-17-21/h7-12,14-17H,2-6,13,18H2,1H3. The molecule has 0 aliphatic heterocycles. The molecule has 4 heteroatoms. The van der Waals surface area contributed by atoms with Gasteiger partial charge in [0.15, 0.2) is 0 Å². The smallest absolute Gasteiger partial charge is 0.376 e. The highest BCUT2D eigenvalue weighted by Gasteiger charge is 2.22. The normalized spacial score (nSPS) is 10.0. The van der Waals surface area contributed by atoms with E-state index in [9.17, 15) is 4.79 Å². The monoisotopic (exact) mass is 377 g/mol. The van der Waals surface area contributed by atoms with Crippen molar-refractivity contribution in [1.82, 2.24) is 0 Å². The lowest BCUT2D eigenvalue weighted by Crippen LogP contribution is -2.13. The van der Waals surface area contributed by atoms with Gasteiger partial charge in [-0.3, -0.25) is 0 Å². The Bertz CT molecular complexity index is 750. The van der Waals surface area contributed by atoms with Gasteiger partial charge in [-0.05, 0) is 17.5 Å². The van der Waals surface area contributed by atoms with Gasteiger partial charge in [-0.1, -0.05) is 99.7 Å². The van der Waals surface area contributed by atoms with E-state index in [1.807, 2.05) is 60.7 Å². The maximum Gasteiger partial charge on any atom is 0.376 e. The van der Waals surface area contributed by atoms with Crippen molar-refractivity contribution in [3.63, 3.8) is 0 Å². The van der Waals surface area contributed by atoms with Gasteiger partial charge in [0.1, 0.15) is 0 Å². The van der Waals surface area contributed by atoms with Crippen LogP contribution in [0.3, 0.4) is 0 Å². The molecule has 2 rings (SSSR count). The van der Waals surface area contributed by atoms with Gasteiger partial charge < -0.3 is 9.47 Å². The number of esters is 1. The van der Waals surface area contributed by atoms with Crippen molar-refractivity contribution in [2.45, 2.75) is 45.4 Å². The molecule has 0 saturated carbocycles. The quantitative estimate of drug-likeness (QED) is 0.162. The van der Waals surface area contributed by atoms with Crippen LogP contribution >= 0.6 is 0 Å². The Balaban J connectivity index is 2.19. The largest absolute Gasteiger partial charge is 0.460 e. The third kappa shape index (κ3) is 6.59. The van der Waals surface area contributed by atoms with E-state index in [2.05, 4.69) is 6.92 Å². The molecule has 0 fully saturated rings. The van der Waals surface area contributed by atoms with Crippen LogP contribution < -0.4 is 0 Å².